The second-order valence-corrected chi connectivity index (χ2v) is 10.0. The molecule has 2 aromatic carbocycles. The fourth-order valence-corrected chi connectivity index (χ4v) is 5.49. The van der Waals surface area contributed by atoms with Crippen LogP contribution in [0, 0.1) is 19.7 Å². The number of rotatable bonds is 5. The lowest BCUT2D eigenvalue weighted by Gasteiger charge is -2.15. The first-order valence-electron chi connectivity index (χ1n) is 9.89. The quantitative estimate of drug-likeness (QED) is 0.444. The molecule has 5 nitrogen and oxygen atoms in total. The molecular formula is C23H22FN3O2S2. The molecule has 0 radical (unpaired) electrons. The van der Waals surface area contributed by atoms with Crippen molar-refractivity contribution in [3.63, 3.8) is 0 Å². The Morgan fingerprint density at radius 1 is 1.23 bits per heavy atom. The molecule has 0 spiro atoms. The fraction of sp³-hybridized carbons (Fsp3) is 0.261. The minimum Gasteiger partial charge on any atom is -0.325 e. The van der Waals surface area contributed by atoms with Gasteiger partial charge in [0.2, 0.25) is 5.91 Å². The molecule has 1 N–H and O–H groups in total. The van der Waals surface area contributed by atoms with Crippen molar-refractivity contribution in [2.75, 3.05) is 11.1 Å². The third-order valence-corrected chi connectivity index (χ3v) is 6.96. The zero-order valence-electron chi connectivity index (χ0n) is 17.4. The Hall–Kier alpha value is -2.58. The van der Waals surface area contributed by atoms with E-state index in [0.717, 1.165) is 28.9 Å². The maximum atomic E-state index is 13.4. The van der Waals surface area contributed by atoms with Gasteiger partial charge in [0.1, 0.15) is 5.82 Å². The molecule has 8 heteroatoms. The van der Waals surface area contributed by atoms with Crippen LogP contribution in [0.4, 0.5) is 10.1 Å². The maximum Gasteiger partial charge on any atom is 0.272 e. The van der Waals surface area contributed by atoms with Crippen LogP contribution in [0.1, 0.15) is 23.7 Å². The van der Waals surface area contributed by atoms with Gasteiger partial charge >= 0.3 is 0 Å². The molecule has 1 aromatic heterocycles. The Morgan fingerprint density at radius 2 is 1.90 bits per heavy atom. The van der Waals surface area contributed by atoms with Crippen LogP contribution in [0.2, 0.25) is 0 Å². The molecule has 0 saturated heterocycles. The highest BCUT2D eigenvalue weighted by atomic mass is 32.2. The Bertz CT molecular complexity index is 1190. The van der Waals surface area contributed by atoms with Gasteiger partial charge in [-0.3, -0.25) is 14.2 Å². The van der Waals surface area contributed by atoms with Crippen molar-refractivity contribution in [1.82, 2.24) is 9.55 Å². The first-order chi connectivity index (χ1) is 14.8. The van der Waals surface area contributed by atoms with E-state index in [1.165, 1.54) is 36.0 Å². The van der Waals surface area contributed by atoms with E-state index in [9.17, 15) is 14.0 Å². The van der Waals surface area contributed by atoms with Crippen LogP contribution in [-0.2, 0) is 11.2 Å². The normalized spacial score (nSPS) is 15.0. The highest BCUT2D eigenvalue weighted by molar-refractivity contribution is 8.00. The molecule has 2 heterocycles. The summed E-state index contributed by atoms with van der Waals surface area (Å²) in [6, 6.07) is 11.6. The van der Waals surface area contributed by atoms with Gasteiger partial charge in [0.25, 0.3) is 5.56 Å². The number of nitrogens with zero attached hydrogens (tertiary/aromatic N) is 2. The average molecular weight is 456 g/mol. The van der Waals surface area contributed by atoms with E-state index in [1.807, 2.05) is 26.0 Å². The highest BCUT2D eigenvalue weighted by Gasteiger charge is 2.27. The largest absolute Gasteiger partial charge is 0.325 e. The smallest absolute Gasteiger partial charge is 0.272 e. The summed E-state index contributed by atoms with van der Waals surface area (Å²) >= 11 is 2.78. The van der Waals surface area contributed by atoms with E-state index >= 15 is 0 Å². The monoisotopic (exact) mass is 455 g/mol. The minimum atomic E-state index is -0.362. The summed E-state index contributed by atoms with van der Waals surface area (Å²) in [6.07, 6.45) is 0.734. The van der Waals surface area contributed by atoms with Crippen LogP contribution in [0.25, 0.3) is 5.69 Å². The third-order valence-electron chi connectivity index (χ3n) is 4.81. The summed E-state index contributed by atoms with van der Waals surface area (Å²) in [4.78, 5) is 31.3. The van der Waals surface area contributed by atoms with Crippen LogP contribution < -0.4 is 10.9 Å². The van der Waals surface area contributed by atoms with Crippen LogP contribution >= 0.6 is 23.5 Å². The molecule has 0 saturated carbocycles. The van der Waals surface area contributed by atoms with Gasteiger partial charge in [0.15, 0.2) is 5.16 Å². The van der Waals surface area contributed by atoms with Gasteiger partial charge < -0.3 is 5.32 Å². The van der Waals surface area contributed by atoms with Gasteiger partial charge in [0.05, 0.1) is 22.0 Å². The van der Waals surface area contributed by atoms with E-state index in [0.29, 0.717) is 21.0 Å². The Kier molecular flexibility index (Phi) is 6.20. The molecule has 4 rings (SSSR count). The molecule has 160 valence electrons. The summed E-state index contributed by atoms with van der Waals surface area (Å²) in [5.74, 6) is -0.531. The lowest BCUT2D eigenvalue weighted by molar-refractivity contribution is -0.113. The van der Waals surface area contributed by atoms with Crippen molar-refractivity contribution in [3.8, 4) is 5.69 Å². The number of benzene rings is 2. The maximum absolute atomic E-state index is 13.4. The van der Waals surface area contributed by atoms with Crippen LogP contribution in [0.3, 0.4) is 0 Å². The number of hydrogen-bond acceptors (Lipinski definition) is 5. The molecule has 1 aliphatic heterocycles. The second-order valence-electron chi connectivity index (χ2n) is 7.63. The highest BCUT2D eigenvalue weighted by Crippen LogP contribution is 2.35. The summed E-state index contributed by atoms with van der Waals surface area (Å²) in [7, 11) is 0. The second kappa shape index (κ2) is 8.88. The van der Waals surface area contributed by atoms with Crippen molar-refractivity contribution < 1.29 is 9.18 Å². The van der Waals surface area contributed by atoms with Gasteiger partial charge in [0, 0.05) is 17.4 Å². The zero-order chi connectivity index (χ0) is 22.1. The van der Waals surface area contributed by atoms with Crippen LogP contribution in [0.5, 0.6) is 0 Å². The van der Waals surface area contributed by atoms with Crippen molar-refractivity contribution in [1.29, 1.82) is 0 Å². The van der Waals surface area contributed by atoms with E-state index in [2.05, 4.69) is 18.3 Å². The number of hydrogen-bond donors (Lipinski definition) is 1. The number of amides is 1. The number of aryl methyl sites for hydroxylation is 2. The Labute approximate surface area is 188 Å². The zero-order valence-corrected chi connectivity index (χ0v) is 19.1. The SMILES string of the molecule is Cc1cc(C)cc(-n2c(SCC(=O)Nc3ccc(F)cc3)nc3c(c2=O)S[C@@H](C)C3)c1. The van der Waals surface area contributed by atoms with Crippen molar-refractivity contribution in [2.24, 2.45) is 0 Å². The number of carbonyl (C=O) groups excluding carboxylic acids is 1. The number of thioether (sulfide) groups is 2. The molecule has 1 atom stereocenters. The van der Waals surface area contributed by atoms with Crippen molar-refractivity contribution in [3.05, 3.63) is 75.5 Å². The first kappa shape index (κ1) is 21.6. The third kappa shape index (κ3) is 4.85. The van der Waals surface area contributed by atoms with Crippen LogP contribution in [-0.4, -0.2) is 26.5 Å². The Balaban J connectivity index is 1.65. The standard InChI is InChI=1S/C23H22FN3O2S2/c1-13-8-14(2)10-18(9-13)27-22(29)21-19(11-15(3)31-21)26-23(27)30-12-20(28)25-17-6-4-16(24)5-7-17/h4-10,15H,11-12H2,1-3H3,(H,25,28)/t15-/m0/s1. The number of halogens is 1. The van der Waals surface area contributed by atoms with Gasteiger partial charge in [-0.05, 0) is 61.4 Å². The predicted octanol–water partition coefficient (Wildman–Crippen LogP) is 4.76. The molecule has 0 bridgehead atoms. The van der Waals surface area contributed by atoms with Gasteiger partial charge in [-0.15, -0.1) is 11.8 Å². The number of anilines is 1. The summed E-state index contributed by atoms with van der Waals surface area (Å²) < 4.78 is 14.7. The molecule has 31 heavy (non-hydrogen) atoms. The Morgan fingerprint density at radius 3 is 2.58 bits per heavy atom. The van der Waals surface area contributed by atoms with Gasteiger partial charge in [-0.2, -0.15) is 0 Å². The van der Waals surface area contributed by atoms with E-state index < -0.39 is 0 Å². The molecule has 1 aliphatic rings. The lowest BCUT2D eigenvalue weighted by Crippen LogP contribution is -2.25. The number of carbonyl (C=O) groups is 1. The predicted molar refractivity (Wildman–Crippen MR) is 124 cm³/mol. The molecule has 0 fully saturated rings. The van der Waals surface area contributed by atoms with Crippen molar-refractivity contribution in [2.45, 2.75) is 42.5 Å². The van der Waals surface area contributed by atoms with Gasteiger partial charge in [-0.25, -0.2) is 9.37 Å². The number of aromatic nitrogens is 2. The minimum absolute atomic E-state index is 0.0795. The van der Waals surface area contributed by atoms with Crippen molar-refractivity contribution >= 4 is 35.1 Å². The number of nitrogens with one attached hydrogen (secondary N) is 1. The summed E-state index contributed by atoms with van der Waals surface area (Å²) in [6.45, 7) is 6.06. The molecule has 3 aromatic rings. The molecule has 0 unspecified atom stereocenters. The molecule has 1 amide bonds. The fourth-order valence-electron chi connectivity index (χ4n) is 3.56. The van der Waals surface area contributed by atoms with E-state index in [4.69, 9.17) is 4.98 Å². The summed E-state index contributed by atoms with van der Waals surface area (Å²) in [5, 5.41) is 3.54. The average Bonchev–Trinajstić information content (AvgIpc) is 3.08. The van der Waals surface area contributed by atoms with E-state index in [-0.39, 0.29) is 23.0 Å². The van der Waals surface area contributed by atoms with E-state index in [1.54, 1.807) is 16.3 Å². The van der Waals surface area contributed by atoms with Crippen LogP contribution in [0.15, 0.2) is 57.3 Å². The summed E-state index contributed by atoms with van der Waals surface area (Å²) in [5.41, 5.74) is 4.07. The molecule has 0 aliphatic carbocycles. The first-order valence-corrected chi connectivity index (χ1v) is 11.8. The molecular weight excluding hydrogens is 433 g/mol. The topological polar surface area (TPSA) is 64.0 Å². The number of fused-ring (bicyclic) bond motifs is 1. The van der Waals surface area contributed by atoms with Gasteiger partial charge in [-0.1, -0.05) is 24.8 Å². The lowest BCUT2D eigenvalue weighted by atomic mass is 10.1.